The predicted molar refractivity (Wildman–Crippen MR) is 73.4 cm³/mol. The first kappa shape index (κ1) is 14.0. The molecule has 3 N–H and O–H groups in total. The van der Waals surface area contributed by atoms with E-state index in [9.17, 15) is 9.18 Å². The van der Waals surface area contributed by atoms with Crippen LogP contribution in [0.15, 0.2) is 18.2 Å². The van der Waals surface area contributed by atoms with Crippen molar-refractivity contribution in [2.45, 2.75) is 38.6 Å². The summed E-state index contributed by atoms with van der Waals surface area (Å²) in [5.74, 6) is -0.257. The van der Waals surface area contributed by atoms with Crippen LogP contribution in [0.5, 0.6) is 0 Å². The lowest BCUT2D eigenvalue weighted by Crippen LogP contribution is -2.41. The largest absolute Gasteiger partial charge is 0.352 e. The number of halogens is 1. The Morgan fingerprint density at radius 3 is 2.79 bits per heavy atom. The maximum absolute atomic E-state index is 13.2. The molecule has 0 aromatic heterocycles. The molecule has 2 rings (SSSR count). The van der Waals surface area contributed by atoms with E-state index in [0.29, 0.717) is 18.0 Å². The minimum Gasteiger partial charge on any atom is -0.352 e. The number of hydrogen-bond donors (Lipinski definition) is 2. The van der Waals surface area contributed by atoms with E-state index in [0.717, 1.165) is 18.4 Å². The zero-order chi connectivity index (χ0) is 13.8. The average molecular weight is 264 g/mol. The highest BCUT2D eigenvalue weighted by atomic mass is 19.1. The molecule has 0 saturated heterocycles. The van der Waals surface area contributed by atoms with Crippen LogP contribution in [0.25, 0.3) is 0 Å². The molecule has 2 unspecified atom stereocenters. The van der Waals surface area contributed by atoms with Crippen LogP contribution in [-0.2, 0) is 0 Å². The second kappa shape index (κ2) is 6.15. The Balaban J connectivity index is 1.93. The molecule has 1 aromatic carbocycles. The van der Waals surface area contributed by atoms with Crippen molar-refractivity contribution in [1.82, 2.24) is 5.32 Å². The molecule has 3 nitrogen and oxygen atoms in total. The molecule has 1 aliphatic carbocycles. The SMILES string of the molecule is Cc1cc(F)cc(C(=O)NCC2CCCCC2N)c1. The van der Waals surface area contributed by atoms with Gasteiger partial charge < -0.3 is 11.1 Å². The third-order valence-electron chi connectivity index (χ3n) is 3.80. The van der Waals surface area contributed by atoms with Crippen molar-refractivity contribution in [1.29, 1.82) is 0 Å². The normalized spacial score (nSPS) is 23.1. The monoisotopic (exact) mass is 264 g/mol. The van der Waals surface area contributed by atoms with Gasteiger partial charge in [0.25, 0.3) is 5.91 Å². The van der Waals surface area contributed by atoms with Gasteiger partial charge in [-0.25, -0.2) is 4.39 Å². The van der Waals surface area contributed by atoms with Crippen LogP contribution < -0.4 is 11.1 Å². The van der Waals surface area contributed by atoms with Gasteiger partial charge in [-0.2, -0.15) is 0 Å². The smallest absolute Gasteiger partial charge is 0.251 e. The molecule has 0 heterocycles. The Hall–Kier alpha value is -1.42. The van der Waals surface area contributed by atoms with Crippen molar-refractivity contribution in [3.8, 4) is 0 Å². The number of aryl methyl sites for hydroxylation is 1. The van der Waals surface area contributed by atoms with Crippen molar-refractivity contribution in [3.63, 3.8) is 0 Å². The first-order chi connectivity index (χ1) is 9.06. The first-order valence-electron chi connectivity index (χ1n) is 6.87. The standard InChI is InChI=1S/C15H21FN2O/c1-10-6-12(8-13(16)7-10)15(19)18-9-11-4-2-3-5-14(11)17/h6-8,11,14H,2-5,9,17H2,1H3,(H,18,19). The lowest BCUT2D eigenvalue weighted by molar-refractivity contribution is 0.0941. The van der Waals surface area contributed by atoms with Crippen LogP contribution in [0.4, 0.5) is 4.39 Å². The van der Waals surface area contributed by atoms with Gasteiger partial charge in [0.15, 0.2) is 0 Å². The predicted octanol–water partition coefficient (Wildman–Crippen LogP) is 2.38. The average Bonchev–Trinajstić information content (AvgIpc) is 2.36. The summed E-state index contributed by atoms with van der Waals surface area (Å²) in [6.07, 6.45) is 4.44. The Labute approximate surface area is 113 Å². The van der Waals surface area contributed by atoms with Crippen LogP contribution in [0.2, 0.25) is 0 Å². The Kier molecular flexibility index (Phi) is 4.53. The number of nitrogens with one attached hydrogen (secondary N) is 1. The first-order valence-corrected chi connectivity index (χ1v) is 6.87. The fourth-order valence-corrected chi connectivity index (χ4v) is 2.68. The molecule has 0 aliphatic heterocycles. The fourth-order valence-electron chi connectivity index (χ4n) is 2.68. The van der Waals surface area contributed by atoms with E-state index in [2.05, 4.69) is 5.32 Å². The summed E-state index contributed by atoms with van der Waals surface area (Å²) >= 11 is 0. The quantitative estimate of drug-likeness (QED) is 0.880. The molecule has 2 atom stereocenters. The Bertz CT molecular complexity index is 441. The Morgan fingerprint density at radius 1 is 1.37 bits per heavy atom. The van der Waals surface area contributed by atoms with Crippen molar-refractivity contribution in [2.75, 3.05) is 6.54 Å². The summed E-state index contributed by atoms with van der Waals surface area (Å²) in [5.41, 5.74) is 7.17. The number of hydrogen-bond acceptors (Lipinski definition) is 2. The Morgan fingerprint density at radius 2 is 2.11 bits per heavy atom. The van der Waals surface area contributed by atoms with Gasteiger partial charge in [-0.3, -0.25) is 4.79 Å². The van der Waals surface area contributed by atoms with Gasteiger partial charge in [-0.05, 0) is 49.4 Å². The highest BCUT2D eigenvalue weighted by Crippen LogP contribution is 2.22. The van der Waals surface area contributed by atoms with E-state index in [1.165, 1.54) is 25.0 Å². The van der Waals surface area contributed by atoms with E-state index in [1.54, 1.807) is 13.0 Å². The van der Waals surface area contributed by atoms with Crippen molar-refractivity contribution in [3.05, 3.63) is 35.1 Å². The number of benzene rings is 1. The molecule has 1 saturated carbocycles. The number of nitrogens with two attached hydrogens (primary N) is 1. The summed E-state index contributed by atoms with van der Waals surface area (Å²) in [6, 6.07) is 4.54. The van der Waals surface area contributed by atoms with Gasteiger partial charge in [0.2, 0.25) is 0 Å². The highest BCUT2D eigenvalue weighted by molar-refractivity contribution is 5.94. The van der Waals surface area contributed by atoms with Gasteiger partial charge in [-0.1, -0.05) is 12.8 Å². The molecule has 1 aliphatic rings. The van der Waals surface area contributed by atoms with E-state index < -0.39 is 0 Å². The van der Waals surface area contributed by atoms with Crippen LogP contribution in [0.1, 0.15) is 41.6 Å². The maximum atomic E-state index is 13.2. The third-order valence-corrected chi connectivity index (χ3v) is 3.80. The van der Waals surface area contributed by atoms with E-state index in [4.69, 9.17) is 5.73 Å². The molecule has 19 heavy (non-hydrogen) atoms. The number of rotatable bonds is 3. The van der Waals surface area contributed by atoms with E-state index in [-0.39, 0.29) is 17.8 Å². The van der Waals surface area contributed by atoms with Crippen LogP contribution in [-0.4, -0.2) is 18.5 Å². The molecule has 1 fully saturated rings. The molecule has 0 bridgehead atoms. The van der Waals surface area contributed by atoms with Gasteiger partial charge in [0.1, 0.15) is 5.82 Å². The molecule has 104 valence electrons. The van der Waals surface area contributed by atoms with E-state index >= 15 is 0 Å². The summed E-state index contributed by atoms with van der Waals surface area (Å²) in [4.78, 5) is 12.0. The topological polar surface area (TPSA) is 55.1 Å². The van der Waals surface area contributed by atoms with Gasteiger partial charge in [0, 0.05) is 18.2 Å². The fraction of sp³-hybridized carbons (Fsp3) is 0.533. The zero-order valence-electron chi connectivity index (χ0n) is 11.3. The molecule has 1 aromatic rings. The zero-order valence-corrected chi connectivity index (χ0v) is 11.3. The third kappa shape index (κ3) is 3.77. The summed E-state index contributed by atoms with van der Waals surface area (Å²) in [5, 5.41) is 2.87. The summed E-state index contributed by atoms with van der Waals surface area (Å²) < 4.78 is 13.2. The van der Waals surface area contributed by atoms with Crippen LogP contribution in [0, 0.1) is 18.7 Å². The van der Waals surface area contributed by atoms with E-state index in [1.807, 2.05) is 0 Å². The highest BCUT2D eigenvalue weighted by Gasteiger charge is 2.22. The second-order valence-electron chi connectivity index (χ2n) is 5.44. The molecule has 1 amide bonds. The van der Waals surface area contributed by atoms with Crippen molar-refractivity contribution in [2.24, 2.45) is 11.7 Å². The van der Waals surface area contributed by atoms with Gasteiger partial charge >= 0.3 is 0 Å². The minimum absolute atomic E-state index is 0.170. The molecule has 0 spiro atoms. The van der Waals surface area contributed by atoms with Crippen molar-refractivity contribution < 1.29 is 9.18 Å². The maximum Gasteiger partial charge on any atom is 0.251 e. The minimum atomic E-state index is -0.375. The van der Waals surface area contributed by atoms with Crippen molar-refractivity contribution >= 4 is 5.91 Å². The lowest BCUT2D eigenvalue weighted by Gasteiger charge is -2.28. The molecule has 0 radical (unpaired) electrons. The van der Waals surface area contributed by atoms with Gasteiger partial charge in [0.05, 0.1) is 0 Å². The van der Waals surface area contributed by atoms with Crippen LogP contribution >= 0.6 is 0 Å². The molecular weight excluding hydrogens is 243 g/mol. The number of carbonyl (C=O) groups is 1. The lowest BCUT2D eigenvalue weighted by atomic mass is 9.85. The second-order valence-corrected chi connectivity index (χ2v) is 5.44. The summed E-state index contributed by atoms with van der Waals surface area (Å²) in [7, 11) is 0. The number of amides is 1. The van der Waals surface area contributed by atoms with Crippen LogP contribution in [0.3, 0.4) is 0 Å². The van der Waals surface area contributed by atoms with Gasteiger partial charge in [-0.15, -0.1) is 0 Å². The molecular formula is C15H21FN2O. The molecule has 4 heteroatoms. The summed E-state index contributed by atoms with van der Waals surface area (Å²) in [6.45, 7) is 2.35. The number of carbonyl (C=O) groups excluding carboxylic acids is 1.